The van der Waals surface area contributed by atoms with Crippen LogP contribution in [0.3, 0.4) is 0 Å². The van der Waals surface area contributed by atoms with E-state index in [0.29, 0.717) is 30.7 Å². The molecule has 0 saturated heterocycles. The van der Waals surface area contributed by atoms with E-state index in [1.165, 1.54) is 15.7 Å². The van der Waals surface area contributed by atoms with E-state index in [1.807, 2.05) is 6.07 Å². The van der Waals surface area contributed by atoms with Crippen LogP contribution < -0.4 is 10.1 Å². The second-order valence-electron chi connectivity index (χ2n) is 4.97. The monoisotopic (exact) mass is 529 g/mol. The third-order valence-corrected chi connectivity index (χ3v) is 5.86. The summed E-state index contributed by atoms with van der Waals surface area (Å²) in [6.45, 7) is 0. The van der Waals surface area contributed by atoms with Crippen LogP contribution in [0.4, 0.5) is 0 Å². The molecule has 0 fully saturated rings. The van der Waals surface area contributed by atoms with Crippen molar-refractivity contribution in [1.82, 2.24) is 14.4 Å². The van der Waals surface area contributed by atoms with Crippen LogP contribution in [0, 0.1) is 0 Å². The predicted molar refractivity (Wildman–Crippen MR) is 105 cm³/mol. The normalized spacial score (nSPS) is 12.5. The van der Waals surface area contributed by atoms with Gasteiger partial charge in [-0.15, -0.1) is 0 Å². The number of nitrogens with zero attached hydrogens (tertiary/aromatic N) is 3. The van der Waals surface area contributed by atoms with Gasteiger partial charge in [0.1, 0.15) is 11.3 Å². The number of fused-ring (bicyclic) bond motifs is 3. The second-order valence-corrected chi connectivity index (χ2v) is 8.66. The van der Waals surface area contributed by atoms with Gasteiger partial charge in [0.15, 0.2) is 10.6 Å². The zero-order chi connectivity index (χ0) is 17.0. The van der Waals surface area contributed by atoms with Crippen LogP contribution in [0.25, 0.3) is 22.2 Å². The van der Waals surface area contributed by atoms with E-state index in [9.17, 15) is 9.90 Å². The van der Waals surface area contributed by atoms with E-state index in [1.54, 1.807) is 24.4 Å². The van der Waals surface area contributed by atoms with Gasteiger partial charge in [-0.25, -0.2) is 14.4 Å². The molecule has 3 heterocycles. The number of benzene rings is 1. The first-order valence-corrected chi connectivity index (χ1v) is 9.80. The summed E-state index contributed by atoms with van der Waals surface area (Å²) >= 11 is 11.3. The molecule has 1 N–H and O–H groups in total. The molecule has 0 spiro atoms. The molecular formula is C15H6Br3N3O2S. The summed E-state index contributed by atoms with van der Waals surface area (Å²) in [5.74, 6) is 0.0792. The van der Waals surface area contributed by atoms with Gasteiger partial charge in [-0.3, -0.25) is 4.79 Å². The van der Waals surface area contributed by atoms with Gasteiger partial charge in [-0.05, 0) is 56.1 Å². The molecule has 0 aliphatic heterocycles. The zero-order valence-electron chi connectivity index (χ0n) is 11.6. The van der Waals surface area contributed by atoms with Crippen LogP contribution >= 0.6 is 59.1 Å². The number of halogens is 3. The van der Waals surface area contributed by atoms with E-state index in [2.05, 4.69) is 57.8 Å². The molecule has 0 unspecified atom stereocenters. The molecule has 9 heteroatoms. The number of hydrogen-bond acceptors (Lipinski definition) is 5. The fourth-order valence-electron chi connectivity index (χ4n) is 2.35. The second kappa shape index (κ2) is 5.91. The van der Waals surface area contributed by atoms with Crippen LogP contribution in [0.2, 0.25) is 0 Å². The average Bonchev–Trinajstić information content (AvgIpc) is 3.01. The van der Waals surface area contributed by atoms with E-state index >= 15 is 0 Å². The van der Waals surface area contributed by atoms with Crippen LogP contribution in [-0.4, -0.2) is 19.5 Å². The van der Waals surface area contributed by atoms with Gasteiger partial charge in [-0.1, -0.05) is 27.3 Å². The van der Waals surface area contributed by atoms with Crippen molar-refractivity contribution in [1.29, 1.82) is 0 Å². The number of phenols is 1. The minimum atomic E-state index is -0.206. The number of phenolic OH excluding ortho intramolecular Hbond substituents is 1. The third-order valence-electron chi connectivity index (χ3n) is 3.39. The quantitative estimate of drug-likeness (QED) is 0.405. The van der Waals surface area contributed by atoms with Gasteiger partial charge < -0.3 is 5.11 Å². The highest BCUT2D eigenvalue weighted by atomic mass is 79.9. The maximum absolute atomic E-state index is 12.7. The summed E-state index contributed by atoms with van der Waals surface area (Å²) in [6, 6.07) is 5.30. The Hall–Kier alpha value is -1.29. The molecule has 1 aromatic carbocycles. The topological polar surface area (TPSA) is 67.5 Å². The Kier molecular flexibility index (Phi) is 3.98. The van der Waals surface area contributed by atoms with Crippen molar-refractivity contribution in [3.63, 3.8) is 0 Å². The molecule has 0 saturated carbocycles. The predicted octanol–water partition coefficient (Wildman–Crippen LogP) is 3.85. The van der Waals surface area contributed by atoms with Gasteiger partial charge in [0.25, 0.3) is 5.56 Å². The molecule has 0 aliphatic rings. The van der Waals surface area contributed by atoms with Gasteiger partial charge in [0.05, 0.1) is 9.01 Å². The fraction of sp³-hybridized carbons (Fsp3) is 0. The van der Waals surface area contributed by atoms with E-state index in [4.69, 9.17) is 0 Å². The number of aromatic hydroxyl groups is 1. The Morgan fingerprint density at radius 2 is 1.96 bits per heavy atom. The lowest BCUT2D eigenvalue weighted by molar-refractivity contribution is 0.470. The molecule has 0 bridgehead atoms. The van der Waals surface area contributed by atoms with Crippen LogP contribution in [-0.2, 0) is 0 Å². The van der Waals surface area contributed by atoms with E-state index < -0.39 is 0 Å². The van der Waals surface area contributed by atoms with Gasteiger partial charge in [0.2, 0.25) is 0 Å². The molecule has 0 amide bonds. The van der Waals surface area contributed by atoms with Gasteiger partial charge in [0, 0.05) is 20.7 Å². The Morgan fingerprint density at radius 1 is 1.17 bits per heavy atom. The fourth-order valence-corrected chi connectivity index (χ4v) is 4.89. The molecule has 3 aromatic heterocycles. The average molecular weight is 532 g/mol. The number of thiazole rings is 1. The summed E-state index contributed by atoms with van der Waals surface area (Å²) in [5, 5.41) is 10.2. The minimum absolute atomic E-state index is 0.0792. The number of pyridine rings is 1. The first-order valence-electron chi connectivity index (χ1n) is 6.60. The number of aromatic nitrogens is 3. The number of rotatable bonds is 1. The summed E-state index contributed by atoms with van der Waals surface area (Å²) in [4.78, 5) is 22.0. The maximum Gasteiger partial charge on any atom is 0.276 e. The van der Waals surface area contributed by atoms with Crippen molar-refractivity contribution in [3.8, 4) is 5.75 Å². The molecule has 4 rings (SSSR count). The Bertz CT molecular complexity index is 1230. The van der Waals surface area contributed by atoms with Crippen LogP contribution in [0.5, 0.6) is 5.75 Å². The zero-order valence-corrected chi connectivity index (χ0v) is 17.2. The molecule has 120 valence electrons. The highest BCUT2D eigenvalue weighted by molar-refractivity contribution is 9.11. The number of imidazole rings is 1. The summed E-state index contributed by atoms with van der Waals surface area (Å²) in [7, 11) is 0. The van der Waals surface area contributed by atoms with Gasteiger partial charge >= 0.3 is 0 Å². The first kappa shape index (κ1) is 16.2. The number of hydrogen-bond donors (Lipinski definition) is 1. The van der Waals surface area contributed by atoms with Crippen LogP contribution in [0.1, 0.15) is 5.56 Å². The van der Waals surface area contributed by atoms with Crippen LogP contribution in [0.15, 0.2) is 42.6 Å². The lowest BCUT2D eigenvalue weighted by Crippen LogP contribution is -2.23. The minimum Gasteiger partial charge on any atom is -0.506 e. The lowest BCUT2D eigenvalue weighted by Gasteiger charge is -2.02. The van der Waals surface area contributed by atoms with Crippen molar-refractivity contribution in [2.24, 2.45) is 0 Å². The first-order chi connectivity index (χ1) is 11.4. The van der Waals surface area contributed by atoms with E-state index in [0.717, 1.165) is 8.95 Å². The highest BCUT2D eigenvalue weighted by Gasteiger charge is 2.13. The smallest absolute Gasteiger partial charge is 0.276 e. The maximum atomic E-state index is 12.7. The molecule has 24 heavy (non-hydrogen) atoms. The van der Waals surface area contributed by atoms with Crippen molar-refractivity contribution in [2.45, 2.75) is 0 Å². The summed E-state index contributed by atoms with van der Waals surface area (Å²) in [5.41, 5.74) is 1.52. The van der Waals surface area contributed by atoms with Crippen molar-refractivity contribution >= 4 is 81.3 Å². The Balaban J connectivity index is 2.02. The SMILES string of the molecule is O=c1/c(=C/c2cc(Br)cc(Br)c2O)sc2nc3cc(Br)cnc3n12. The molecule has 4 aromatic rings. The molecule has 0 atom stereocenters. The molecule has 0 radical (unpaired) electrons. The third kappa shape index (κ3) is 2.59. The summed E-state index contributed by atoms with van der Waals surface area (Å²) < 4.78 is 4.12. The van der Waals surface area contributed by atoms with Crippen molar-refractivity contribution < 1.29 is 5.11 Å². The Labute approximate surface area is 164 Å². The summed E-state index contributed by atoms with van der Waals surface area (Å²) in [6.07, 6.45) is 3.28. The van der Waals surface area contributed by atoms with Crippen molar-refractivity contribution in [3.05, 3.63) is 58.3 Å². The van der Waals surface area contributed by atoms with Crippen molar-refractivity contribution in [2.75, 3.05) is 0 Å². The highest BCUT2D eigenvalue weighted by Crippen LogP contribution is 2.32. The Morgan fingerprint density at radius 3 is 2.75 bits per heavy atom. The molecule has 0 aliphatic carbocycles. The lowest BCUT2D eigenvalue weighted by atomic mass is 10.2. The van der Waals surface area contributed by atoms with Gasteiger partial charge in [-0.2, -0.15) is 0 Å². The molecule has 5 nitrogen and oxygen atoms in total. The van der Waals surface area contributed by atoms with E-state index in [-0.39, 0.29) is 11.3 Å². The standard InChI is InChI=1S/C15H6Br3N3O2S/c16-7-1-6(12(22)9(18)3-7)2-11-14(23)21-13-10(20-15(21)24-11)4-8(17)5-19-13/h1-5,22H/b11-2-. The largest absolute Gasteiger partial charge is 0.506 e. The molecular weight excluding hydrogens is 526 g/mol.